The van der Waals surface area contributed by atoms with Crippen LogP contribution in [0.25, 0.3) is 0 Å². The number of carbonyl (C=O) groups is 1. The van der Waals surface area contributed by atoms with Gasteiger partial charge in [-0.05, 0) is 69.4 Å². The summed E-state index contributed by atoms with van der Waals surface area (Å²) in [6, 6.07) is 7.51. The molecule has 0 heterocycles. The normalized spacial score (nSPS) is 18.4. The van der Waals surface area contributed by atoms with E-state index in [1.807, 2.05) is 45.0 Å². The summed E-state index contributed by atoms with van der Waals surface area (Å²) in [5.41, 5.74) is 6.70. The van der Waals surface area contributed by atoms with E-state index in [9.17, 15) is 4.79 Å². The van der Waals surface area contributed by atoms with Crippen molar-refractivity contribution in [1.82, 2.24) is 5.43 Å². The zero-order valence-electron chi connectivity index (χ0n) is 15.3. The summed E-state index contributed by atoms with van der Waals surface area (Å²) >= 11 is 0. The molecule has 0 saturated heterocycles. The number of hydrogen-bond donors (Lipinski definition) is 2. The predicted molar refractivity (Wildman–Crippen MR) is 103 cm³/mol. The van der Waals surface area contributed by atoms with Crippen LogP contribution in [0.1, 0.15) is 33.6 Å². The van der Waals surface area contributed by atoms with E-state index in [1.165, 1.54) is 0 Å². The molecular weight excluding hydrogens is 314 g/mol. The van der Waals surface area contributed by atoms with Gasteiger partial charge >= 0.3 is 0 Å². The largest absolute Gasteiger partial charge is 0.494 e. The summed E-state index contributed by atoms with van der Waals surface area (Å²) in [6.45, 7) is 10.8. The van der Waals surface area contributed by atoms with Crippen molar-refractivity contribution < 1.29 is 9.53 Å². The number of allylic oxidation sites excluding steroid dienone is 3. The molecule has 0 saturated carbocycles. The van der Waals surface area contributed by atoms with E-state index in [4.69, 9.17) is 4.74 Å². The van der Waals surface area contributed by atoms with Gasteiger partial charge in [-0.3, -0.25) is 4.79 Å². The van der Waals surface area contributed by atoms with Crippen LogP contribution in [0.2, 0.25) is 0 Å². The third kappa shape index (κ3) is 5.78. The van der Waals surface area contributed by atoms with Crippen LogP contribution in [0.4, 0.5) is 5.69 Å². The lowest BCUT2D eigenvalue weighted by Crippen LogP contribution is -2.28. The standard InChI is InChI=1S/C20H27N3O2/c1-5-25-18-10-8-17(9-11-18)21-13-20(24)23-22-19-12-16(14(2)3)7-6-15(19)4/h6,8-11,16,21H,2,5,7,12-13H2,1,3-4H3,(H,23,24)/t16-/m1/s1. The highest BCUT2D eigenvalue weighted by Crippen LogP contribution is 2.26. The van der Waals surface area contributed by atoms with Gasteiger partial charge < -0.3 is 10.1 Å². The summed E-state index contributed by atoms with van der Waals surface area (Å²) in [7, 11) is 0. The minimum Gasteiger partial charge on any atom is -0.494 e. The second-order valence-corrected chi connectivity index (χ2v) is 6.27. The number of amides is 1. The molecule has 1 aromatic rings. The molecule has 2 N–H and O–H groups in total. The molecule has 0 bridgehead atoms. The molecule has 2 rings (SSSR count). The van der Waals surface area contributed by atoms with Crippen LogP contribution in [-0.4, -0.2) is 24.8 Å². The number of nitrogens with one attached hydrogen (secondary N) is 2. The quantitative estimate of drug-likeness (QED) is 0.584. The van der Waals surface area contributed by atoms with Gasteiger partial charge in [0, 0.05) is 5.69 Å². The van der Waals surface area contributed by atoms with Crippen LogP contribution in [0.15, 0.2) is 53.2 Å². The fourth-order valence-electron chi connectivity index (χ4n) is 2.61. The molecule has 0 radical (unpaired) electrons. The van der Waals surface area contributed by atoms with Crippen molar-refractivity contribution in [2.24, 2.45) is 11.0 Å². The molecule has 0 aromatic heterocycles. The Labute approximate surface area is 149 Å². The van der Waals surface area contributed by atoms with Crippen molar-refractivity contribution in [3.05, 3.63) is 48.1 Å². The van der Waals surface area contributed by atoms with Gasteiger partial charge in [-0.15, -0.1) is 0 Å². The van der Waals surface area contributed by atoms with Gasteiger partial charge in [0.1, 0.15) is 5.75 Å². The monoisotopic (exact) mass is 341 g/mol. The first-order chi connectivity index (χ1) is 12.0. The Balaban J connectivity index is 1.84. The Morgan fingerprint density at radius 2 is 2.08 bits per heavy atom. The van der Waals surface area contributed by atoms with Gasteiger partial charge in [0.15, 0.2) is 0 Å². The summed E-state index contributed by atoms with van der Waals surface area (Å²) in [6.07, 6.45) is 3.98. The molecule has 1 atom stereocenters. The second-order valence-electron chi connectivity index (χ2n) is 6.27. The van der Waals surface area contributed by atoms with Crippen LogP contribution in [0, 0.1) is 5.92 Å². The number of nitrogens with zero attached hydrogens (tertiary/aromatic N) is 1. The first-order valence-electron chi connectivity index (χ1n) is 8.64. The number of hydrogen-bond acceptors (Lipinski definition) is 4. The van der Waals surface area contributed by atoms with Crippen molar-refractivity contribution in [1.29, 1.82) is 0 Å². The molecule has 5 nitrogen and oxygen atoms in total. The summed E-state index contributed by atoms with van der Waals surface area (Å²) in [5.74, 6) is 1.04. The molecular formula is C20H27N3O2. The van der Waals surface area contributed by atoms with E-state index in [0.29, 0.717) is 12.5 Å². The van der Waals surface area contributed by atoms with Gasteiger partial charge in [-0.25, -0.2) is 5.43 Å². The van der Waals surface area contributed by atoms with E-state index in [-0.39, 0.29) is 12.5 Å². The average Bonchev–Trinajstić information content (AvgIpc) is 2.60. The lowest BCUT2D eigenvalue weighted by Gasteiger charge is -2.22. The second kappa shape index (κ2) is 9.06. The van der Waals surface area contributed by atoms with Crippen LogP contribution in [0.3, 0.4) is 0 Å². The Kier molecular flexibility index (Phi) is 6.81. The first kappa shape index (κ1) is 18.8. The molecule has 134 valence electrons. The summed E-state index contributed by atoms with van der Waals surface area (Å²) < 4.78 is 5.39. The van der Waals surface area contributed by atoms with E-state index >= 15 is 0 Å². The van der Waals surface area contributed by atoms with E-state index < -0.39 is 0 Å². The molecule has 0 unspecified atom stereocenters. The maximum Gasteiger partial charge on any atom is 0.259 e. The van der Waals surface area contributed by atoms with E-state index in [0.717, 1.165) is 41.1 Å². The number of hydrazone groups is 1. The molecule has 0 fully saturated rings. The summed E-state index contributed by atoms with van der Waals surface area (Å²) in [5, 5.41) is 7.37. The number of anilines is 1. The fourth-order valence-corrected chi connectivity index (χ4v) is 2.61. The van der Waals surface area contributed by atoms with Gasteiger partial charge in [0.2, 0.25) is 0 Å². The van der Waals surface area contributed by atoms with Crippen molar-refractivity contribution in [2.45, 2.75) is 33.6 Å². The molecule has 1 amide bonds. The first-order valence-corrected chi connectivity index (χ1v) is 8.64. The Hall–Kier alpha value is -2.56. The topological polar surface area (TPSA) is 62.7 Å². The van der Waals surface area contributed by atoms with E-state index in [1.54, 1.807) is 0 Å². The highest BCUT2D eigenvalue weighted by Gasteiger charge is 2.18. The average molecular weight is 341 g/mol. The lowest BCUT2D eigenvalue weighted by molar-refractivity contribution is -0.119. The third-order valence-electron chi connectivity index (χ3n) is 4.23. The molecule has 5 heteroatoms. The highest BCUT2D eigenvalue weighted by atomic mass is 16.5. The predicted octanol–water partition coefficient (Wildman–Crippen LogP) is 3.90. The maximum absolute atomic E-state index is 12.0. The van der Waals surface area contributed by atoms with Crippen LogP contribution < -0.4 is 15.5 Å². The Morgan fingerprint density at radius 3 is 2.72 bits per heavy atom. The van der Waals surface area contributed by atoms with Crippen LogP contribution in [0.5, 0.6) is 5.75 Å². The molecule has 0 spiro atoms. The summed E-state index contributed by atoms with van der Waals surface area (Å²) in [4.78, 5) is 12.0. The minimum atomic E-state index is -0.174. The minimum absolute atomic E-state index is 0.164. The smallest absolute Gasteiger partial charge is 0.259 e. The zero-order valence-corrected chi connectivity index (χ0v) is 15.3. The number of carbonyl (C=O) groups excluding carboxylic acids is 1. The zero-order chi connectivity index (χ0) is 18.2. The maximum atomic E-state index is 12.0. The fraction of sp³-hybridized carbons (Fsp3) is 0.400. The molecule has 25 heavy (non-hydrogen) atoms. The Bertz CT molecular complexity index is 675. The van der Waals surface area contributed by atoms with Crippen LogP contribution >= 0.6 is 0 Å². The molecule has 1 aliphatic carbocycles. The number of rotatable bonds is 7. The number of ether oxygens (including phenoxy) is 1. The van der Waals surface area contributed by atoms with Crippen molar-refractivity contribution in [2.75, 3.05) is 18.5 Å². The lowest BCUT2D eigenvalue weighted by atomic mass is 9.85. The van der Waals surface area contributed by atoms with E-state index in [2.05, 4.69) is 28.5 Å². The van der Waals surface area contributed by atoms with Crippen molar-refractivity contribution >= 4 is 17.3 Å². The van der Waals surface area contributed by atoms with Gasteiger partial charge in [-0.2, -0.15) is 5.10 Å². The third-order valence-corrected chi connectivity index (χ3v) is 4.23. The highest BCUT2D eigenvalue weighted by molar-refractivity contribution is 6.01. The molecule has 0 aliphatic heterocycles. The van der Waals surface area contributed by atoms with Crippen LogP contribution in [-0.2, 0) is 4.79 Å². The van der Waals surface area contributed by atoms with Gasteiger partial charge in [-0.1, -0.05) is 18.2 Å². The SMILES string of the molecule is C=C(C)[C@@H]1CC=C(C)C(=NNC(=O)CNc2ccc(OCC)cc2)C1. The molecule has 1 aromatic carbocycles. The van der Waals surface area contributed by atoms with Crippen molar-refractivity contribution in [3.8, 4) is 5.75 Å². The Morgan fingerprint density at radius 1 is 1.36 bits per heavy atom. The van der Waals surface area contributed by atoms with Gasteiger partial charge in [0.05, 0.1) is 18.9 Å². The van der Waals surface area contributed by atoms with Crippen molar-refractivity contribution in [3.63, 3.8) is 0 Å². The number of benzene rings is 1. The molecule has 1 aliphatic rings. The van der Waals surface area contributed by atoms with Gasteiger partial charge in [0.25, 0.3) is 5.91 Å².